The molecule has 0 spiro atoms. The normalized spacial score (nSPS) is 13.0. The van der Waals surface area contributed by atoms with Gasteiger partial charge in [0.2, 0.25) is 5.91 Å². The van der Waals surface area contributed by atoms with Crippen molar-refractivity contribution in [2.24, 2.45) is 0 Å². The van der Waals surface area contributed by atoms with Crippen molar-refractivity contribution >= 4 is 17.2 Å². The fourth-order valence-corrected chi connectivity index (χ4v) is 4.00. The van der Waals surface area contributed by atoms with Crippen molar-refractivity contribution in [1.29, 1.82) is 0 Å². The van der Waals surface area contributed by atoms with Gasteiger partial charge in [0.05, 0.1) is 12.3 Å². The summed E-state index contributed by atoms with van der Waals surface area (Å²) in [6, 6.07) is 19.0. The molecule has 31 heavy (non-hydrogen) atoms. The second-order valence-corrected chi connectivity index (χ2v) is 7.43. The number of aromatic nitrogens is 4. The first kappa shape index (κ1) is 19.2. The lowest BCUT2D eigenvalue weighted by atomic mass is 10.2. The fraction of sp³-hybridized carbons (Fsp3) is 0.217. The number of fused-ring (bicyclic) bond motifs is 2. The van der Waals surface area contributed by atoms with Crippen LogP contribution in [0.5, 0.6) is 0 Å². The molecule has 0 radical (unpaired) electrons. The Balaban J connectivity index is 1.56. The maximum absolute atomic E-state index is 13.2. The van der Waals surface area contributed by atoms with Crippen LogP contribution in [0, 0.1) is 0 Å². The Labute approximate surface area is 178 Å². The van der Waals surface area contributed by atoms with Crippen molar-refractivity contribution in [3.63, 3.8) is 0 Å². The zero-order valence-electron chi connectivity index (χ0n) is 17.1. The molecule has 8 heteroatoms. The van der Waals surface area contributed by atoms with Gasteiger partial charge in [-0.3, -0.25) is 4.79 Å². The Kier molecular flexibility index (Phi) is 4.83. The van der Waals surface area contributed by atoms with E-state index in [1.807, 2.05) is 54.6 Å². The molecule has 156 valence electrons. The van der Waals surface area contributed by atoms with Gasteiger partial charge in [-0.1, -0.05) is 48.5 Å². The second-order valence-electron chi connectivity index (χ2n) is 7.43. The topological polar surface area (TPSA) is 81.7 Å². The lowest BCUT2D eigenvalue weighted by Gasteiger charge is -2.16. The zero-order chi connectivity index (χ0) is 21.4. The van der Waals surface area contributed by atoms with E-state index in [0.717, 1.165) is 23.2 Å². The number of carbonyl (C=O) groups excluding carboxylic acids is 1. The molecule has 4 aromatic rings. The van der Waals surface area contributed by atoms with E-state index >= 15 is 0 Å². The van der Waals surface area contributed by atoms with E-state index < -0.39 is 5.69 Å². The van der Waals surface area contributed by atoms with Crippen LogP contribution in [0.2, 0.25) is 0 Å². The van der Waals surface area contributed by atoms with Crippen molar-refractivity contribution in [2.45, 2.75) is 19.6 Å². The molecule has 0 aliphatic carbocycles. The van der Waals surface area contributed by atoms with Gasteiger partial charge in [-0.05, 0) is 18.1 Å². The molecule has 0 saturated carbocycles. The summed E-state index contributed by atoms with van der Waals surface area (Å²) >= 11 is 0. The zero-order valence-corrected chi connectivity index (χ0v) is 17.1. The van der Waals surface area contributed by atoms with Gasteiger partial charge < -0.3 is 9.64 Å². The van der Waals surface area contributed by atoms with Gasteiger partial charge in [0, 0.05) is 31.0 Å². The summed E-state index contributed by atoms with van der Waals surface area (Å²) in [5.74, 6) is 0.308. The van der Waals surface area contributed by atoms with Crippen LogP contribution in [0.1, 0.15) is 11.3 Å². The first-order valence-corrected chi connectivity index (χ1v) is 10.1. The summed E-state index contributed by atoms with van der Waals surface area (Å²) < 4.78 is 7.88. The average Bonchev–Trinajstić information content (AvgIpc) is 3.35. The van der Waals surface area contributed by atoms with Crippen molar-refractivity contribution in [3.05, 3.63) is 82.4 Å². The number of hydrogen-bond donors (Lipinski definition) is 0. The van der Waals surface area contributed by atoms with Crippen LogP contribution < -0.4 is 10.6 Å². The smallest absolute Gasteiger partial charge is 0.352 e. The van der Waals surface area contributed by atoms with Crippen LogP contribution in [0.15, 0.2) is 65.5 Å². The van der Waals surface area contributed by atoms with E-state index in [2.05, 4.69) is 10.1 Å². The Morgan fingerprint density at radius 2 is 1.87 bits per heavy atom. The van der Waals surface area contributed by atoms with Gasteiger partial charge in [0.1, 0.15) is 12.4 Å². The maximum atomic E-state index is 13.2. The Hall–Kier alpha value is -3.78. The summed E-state index contributed by atoms with van der Waals surface area (Å²) in [4.78, 5) is 32.6. The molecule has 0 bridgehead atoms. The molecule has 1 amide bonds. The van der Waals surface area contributed by atoms with Gasteiger partial charge in [0.15, 0.2) is 5.65 Å². The van der Waals surface area contributed by atoms with Gasteiger partial charge in [-0.15, -0.1) is 5.10 Å². The average molecular weight is 415 g/mol. The monoisotopic (exact) mass is 415 g/mol. The predicted octanol–water partition coefficient (Wildman–Crippen LogP) is 2.29. The van der Waals surface area contributed by atoms with Crippen LogP contribution in [0.25, 0.3) is 17.0 Å². The van der Waals surface area contributed by atoms with Crippen molar-refractivity contribution in [2.75, 3.05) is 18.6 Å². The van der Waals surface area contributed by atoms with Gasteiger partial charge in [0.25, 0.3) is 0 Å². The number of rotatable bonds is 5. The van der Waals surface area contributed by atoms with E-state index in [1.54, 1.807) is 18.1 Å². The molecule has 2 aromatic heterocycles. The molecule has 0 fully saturated rings. The number of anilines is 1. The molecular weight excluding hydrogens is 394 g/mol. The first-order valence-electron chi connectivity index (χ1n) is 10.1. The van der Waals surface area contributed by atoms with Gasteiger partial charge in [-0.2, -0.15) is 0 Å². The molecule has 0 N–H and O–H groups in total. The summed E-state index contributed by atoms with van der Waals surface area (Å²) in [6.45, 7) is 0.763. The highest BCUT2D eigenvalue weighted by molar-refractivity contribution is 5.95. The van der Waals surface area contributed by atoms with Crippen LogP contribution in [0.3, 0.4) is 0 Å². The number of hydrogen-bond acceptors (Lipinski definition) is 5. The molecule has 0 atom stereocenters. The molecule has 0 unspecified atom stereocenters. The van der Waals surface area contributed by atoms with E-state index in [-0.39, 0.29) is 12.5 Å². The molecular formula is C23H21N5O3. The van der Waals surface area contributed by atoms with Crippen molar-refractivity contribution < 1.29 is 9.53 Å². The quantitative estimate of drug-likeness (QED) is 0.500. The number of ether oxygens (including phenoxy) is 1. The lowest BCUT2D eigenvalue weighted by molar-refractivity contribution is -0.119. The third-order valence-electron chi connectivity index (χ3n) is 5.42. The van der Waals surface area contributed by atoms with E-state index in [4.69, 9.17) is 4.74 Å². The van der Waals surface area contributed by atoms with E-state index in [0.29, 0.717) is 30.3 Å². The number of para-hydroxylation sites is 1. The van der Waals surface area contributed by atoms with Crippen LogP contribution in [-0.4, -0.2) is 38.7 Å². The minimum atomic E-state index is -0.397. The lowest BCUT2D eigenvalue weighted by Crippen LogP contribution is -2.36. The predicted molar refractivity (Wildman–Crippen MR) is 116 cm³/mol. The van der Waals surface area contributed by atoms with Crippen molar-refractivity contribution in [3.8, 4) is 11.4 Å². The minimum Gasteiger partial charge on any atom is -0.378 e. The number of carbonyl (C=O) groups is 1. The molecule has 3 heterocycles. The van der Waals surface area contributed by atoms with Crippen molar-refractivity contribution in [1.82, 2.24) is 19.2 Å². The van der Waals surface area contributed by atoms with Gasteiger partial charge in [-0.25, -0.2) is 18.9 Å². The number of benzene rings is 2. The Morgan fingerprint density at radius 1 is 1.10 bits per heavy atom. The number of methoxy groups -OCH3 is 1. The molecule has 5 rings (SSSR count). The third kappa shape index (κ3) is 3.40. The largest absolute Gasteiger partial charge is 0.378 e. The third-order valence-corrected chi connectivity index (χ3v) is 5.42. The summed E-state index contributed by atoms with van der Waals surface area (Å²) in [5, 5.41) is 4.43. The highest BCUT2D eigenvalue weighted by Crippen LogP contribution is 2.27. The number of nitrogens with zero attached hydrogens (tertiary/aromatic N) is 5. The fourth-order valence-electron chi connectivity index (χ4n) is 4.00. The molecule has 1 aliphatic heterocycles. The molecule has 1 aliphatic rings. The van der Waals surface area contributed by atoms with Crippen LogP contribution in [-0.2, 0) is 29.1 Å². The standard InChI is InChI=1S/C23H21N5O3/c1-31-15-18-13-20-25-27(14-21(29)26-12-11-16-7-5-6-10-19(16)26)23(30)28(20)22(24-18)17-8-3-2-4-9-17/h2-10,13H,11-12,14-15H2,1H3. The Morgan fingerprint density at radius 3 is 2.68 bits per heavy atom. The molecule has 2 aromatic carbocycles. The summed E-state index contributed by atoms with van der Waals surface area (Å²) in [6.07, 6.45) is 0.810. The maximum Gasteiger partial charge on any atom is 0.352 e. The first-order chi connectivity index (χ1) is 15.2. The number of amides is 1. The highest BCUT2D eigenvalue weighted by Gasteiger charge is 2.25. The summed E-state index contributed by atoms with van der Waals surface area (Å²) in [5.41, 5.74) is 3.51. The van der Waals surface area contributed by atoms with Crippen LogP contribution >= 0.6 is 0 Å². The van der Waals surface area contributed by atoms with E-state index in [9.17, 15) is 9.59 Å². The second kappa shape index (κ2) is 7.81. The molecule has 0 saturated heterocycles. The Bertz CT molecular complexity index is 1330. The molecule has 8 nitrogen and oxygen atoms in total. The summed E-state index contributed by atoms with van der Waals surface area (Å²) in [7, 11) is 1.59. The minimum absolute atomic E-state index is 0.136. The highest BCUT2D eigenvalue weighted by atomic mass is 16.5. The van der Waals surface area contributed by atoms with E-state index in [1.165, 1.54) is 9.08 Å². The SMILES string of the molecule is COCc1cc2nn(CC(=O)N3CCc4ccccc43)c(=O)n2c(-c2ccccc2)n1. The van der Waals surface area contributed by atoms with Gasteiger partial charge >= 0.3 is 5.69 Å². The van der Waals surface area contributed by atoms with Crippen LogP contribution in [0.4, 0.5) is 5.69 Å².